The van der Waals surface area contributed by atoms with Crippen LogP contribution in [0.1, 0.15) is 46.5 Å². The molecule has 0 aromatic rings. The van der Waals surface area contributed by atoms with Gasteiger partial charge in [-0.1, -0.05) is 31.5 Å². The Morgan fingerprint density at radius 2 is 2.12 bits per heavy atom. The Kier molecular flexibility index (Phi) is 7.04. The minimum absolute atomic E-state index is 0.0298. The van der Waals surface area contributed by atoms with Crippen molar-refractivity contribution in [1.29, 1.82) is 0 Å². The lowest BCUT2D eigenvalue weighted by Gasteiger charge is -2.45. The van der Waals surface area contributed by atoms with Crippen LogP contribution in [0.3, 0.4) is 0 Å². The van der Waals surface area contributed by atoms with Crippen LogP contribution in [-0.4, -0.2) is 51.4 Å². The number of nitrogens with zero attached hydrogens (tertiary/aromatic N) is 1. The average molecular weight is 374 g/mol. The molecule has 1 spiro atoms. The minimum atomic E-state index is -0.448. The van der Waals surface area contributed by atoms with Crippen LogP contribution in [0.15, 0.2) is 0 Å². The second kappa shape index (κ2) is 8.61. The van der Waals surface area contributed by atoms with Gasteiger partial charge in [-0.3, -0.25) is 14.4 Å². The molecule has 3 atom stereocenters. The molecule has 2 fully saturated rings. The van der Waals surface area contributed by atoms with Gasteiger partial charge in [-0.2, -0.15) is 0 Å². The van der Waals surface area contributed by atoms with E-state index in [4.69, 9.17) is 4.74 Å². The van der Waals surface area contributed by atoms with Crippen molar-refractivity contribution in [2.45, 2.75) is 51.3 Å². The Morgan fingerprint density at radius 1 is 1.38 bits per heavy atom. The number of carbonyl (C=O) groups excluding carboxylic acids is 3. The van der Waals surface area contributed by atoms with Crippen LogP contribution in [0.5, 0.6) is 0 Å². The van der Waals surface area contributed by atoms with Gasteiger partial charge in [-0.25, -0.2) is 0 Å². The number of rotatable bonds is 5. The smallest absolute Gasteiger partial charge is 0.312 e. The number of carbonyl (C=O) groups is 3. The number of amides is 1. The summed E-state index contributed by atoms with van der Waals surface area (Å²) in [6.45, 7) is 6.26. The van der Waals surface area contributed by atoms with E-state index in [0.717, 1.165) is 31.4 Å². The Morgan fingerprint density at radius 3 is 2.79 bits per heavy atom. The molecular formula is C17H27NO4S2. The van der Waals surface area contributed by atoms with Crippen molar-refractivity contribution in [1.82, 2.24) is 4.90 Å². The molecule has 0 N–H and O–H groups in total. The topological polar surface area (TPSA) is 63.7 Å². The van der Waals surface area contributed by atoms with Crippen LogP contribution in [0.25, 0.3) is 0 Å². The zero-order chi connectivity index (χ0) is 17.7. The Labute approximate surface area is 152 Å². The van der Waals surface area contributed by atoms with Crippen LogP contribution in [0.2, 0.25) is 0 Å². The van der Waals surface area contributed by atoms with E-state index in [-0.39, 0.29) is 28.8 Å². The lowest BCUT2D eigenvalue weighted by atomic mass is 9.82. The summed E-state index contributed by atoms with van der Waals surface area (Å²) in [5.41, 5.74) is 0. The van der Waals surface area contributed by atoms with E-state index >= 15 is 0 Å². The van der Waals surface area contributed by atoms with Gasteiger partial charge in [0.25, 0.3) is 0 Å². The highest BCUT2D eigenvalue weighted by atomic mass is 32.2. The van der Waals surface area contributed by atoms with Crippen molar-refractivity contribution in [2.24, 2.45) is 11.8 Å². The zero-order valence-electron chi connectivity index (χ0n) is 14.7. The van der Waals surface area contributed by atoms with E-state index < -0.39 is 4.87 Å². The molecule has 1 saturated heterocycles. The number of hydrogen-bond acceptors (Lipinski definition) is 6. The highest BCUT2D eigenvalue weighted by Crippen LogP contribution is 2.51. The van der Waals surface area contributed by atoms with Crippen molar-refractivity contribution in [3.8, 4) is 0 Å². The van der Waals surface area contributed by atoms with Crippen molar-refractivity contribution in [3.05, 3.63) is 0 Å². The van der Waals surface area contributed by atoms with E-state index in [9.17, 15) is 14.4 Å². The van der Waals surface area contributed by atoms with Gasteiger partial charge >= 0.3 is 5.97 Å². The molecule has 0 aromatic carbocycles. The Balaban J connectivity index is 2.17. The molecule has 2 rings (SSSR count). The molecule has 1 saturated carbocycles. The van der Waals surface area contributed by atoms with Gasteiger partial charge in [0, 0.05) is 30.9 Å². The number of ether oxygens (including phenoxy) is 1. The van der Waals surface area contributed by atoms with Gasteiger partial charge < -0.3 is 9.64 Å². The second-order valence-corrected chi connectivity index (χ2v) is 9.04. The first kappa shape index (κ1) is 19.6. The van der Waals surface area contributed by atoms with Crippen molar-refractivity contribution in [3.63, 3.8) is 0 Å². The third kappa shape index (κ3) is 4.10. The van der Waals surface area contributed by atoms with Gasteiger partial charge in [-0.05, 0) is 19.8 Å². The van der Waals surface area contributed by atoms with Crippen LogP contribution >= 0.6 is 23.5 Å². The molecule has 24 heavy (non-hydrogen) atoms. The summed E-state index contributed by atoms with van der Waals surface area (Å²) in [6.07, 6.45) is 3.67. The van der Waals surface area contributed by atoms with Crippen LogP contribution < -0.4 is 0 Å². The monoisotopic (exact) mass is 373 g/mol. The summed E-state index contributed by atoms with van der Waals surface area (Å²) < 4.78 is 5.30. The zero-order valence-corrected chi connectivity index (χ0v) is 16.3. The van der Waals surface area contributed by atoms with E-state index in [1.807, 2.05) is 18.7 Å². The van der Waals surface area contributed by atoms with Crippen molar-refractivity contribution >= 4 is 40.5 Å². The third-order valence-electron chi connectivity index (χ3n) is 4.74. The van der Waals surface area contributed by atoms with E-state index in [1.54, 1.807) is 11.8 Å². The molecule has 1 amide bonds. The van der Waals surface area contributed by atoms with Crippen LogP contribution in [-0.2, 0) is 19.1 Å². The SMILES string of the molecule is CCOC(=O)C1CCCCC12SCCN2C(=O)C(C)CSC(C)=O. The van der Waals surface area contributed by atoms with Gasteiger partial charge in [-0.15, -0.1) is 11.8 Å². The molecule has 2 aliphatic rings. The molecule has 1 aliphatic carbocycles. The molecule has 0 radical (unpaired) electrons. The van der Waals surface area contributed by atoms with Crippen LogP contribution in [0.4, 0.5) is 0 Å². The third-order valence-corrected chi connectivity index (χ3v) is 7.41. The first-order chi connectivity index (χ1) is 11.4. The van der Waals surface area contributed by atoms with Gasteiger partial charge in [0.15, 0.2) is 5.12 Å². The minimum Gasteiger partial charge on any atom is -0.466 e. The summed E-state index contributed by atoms with van der Waals surface area (Å²) in [7, 11) is 0. The summed E-state index contributed by atoms with van der Waals surface area (Å²) >= 11 is 2.93. The standard InChI is InChI=1S/C17H27NO4S2/c1-4-22-16(21)14-7-5-6-8-17(14)18(9-10-24-17)15(20)12(2)11-23-13(3)19/h12,14H,4-11H2,1-3H3. The molecule has 136 valence electrons. The van der Waals surface area contributed by atoms with E-state index in [1.165, 1.54) is 18.7 Å². The summed E-state index contributed by atoms with van der Waals surface area (Å²) in [5, 5.41) is 0.0298. The predicted octanol–water partition coefficient (Wildman–Crippen LogP) is 2.93. The number of thioether (sulfide) groups is 2. The number of hydrogen-bond donors (Lipinski definition) is 0. The Hall–Kier alpha value is -0.690. The number of esters is 1. The quantitative estimate of drug-likeness (QED) is 0.691. The maximum atomic E-state index is 13.0. The maximum absolute atomic E-state index is 13.0. The highest BCUT2D eigenvalue weighted by molar-refractivity contribution is 8.13. The lowest BCUT2D eigenvalue weighted by molar-refractivity contribution is -0.155. The Bertz CT molecular complexity index is 499. The fourth-order valence-electron chi connectivity index (χ4n) is 3.62. The summed E-state index contributed by atoms with van der Waals surface area (Å²) in [4.78, 5) is 38.1. The molecular weight excluding hydrogens is 346 g/mol. The molecule has 1 heterocycles. The van der Waals surface area contributed by atoms with Crippen molar-refractivity contribution < 1.29 is 19.1 Å². The van der Waals surface area contributed by atoms with Crippen molar-refractivity contribution in [2.75, 3.05) is 24.7 Å². The first-order valence-electron chi connectivity index (χ1n) is 8.67. The molecule has 0 bridgehead atoms. The molecule has 0 aromatic heterocycles. The summed E-state index contributed by atoms with van der Waals surface area (Å²) in [5.74, 6) is 0.777. The van der Waals surface area contributed by atoms with Gasteiger partial charge in [0.05, 0.1) is 12.5 Å². The summed E-state index contributed by atoms with van der Waals surface area (Å²) in [6, 6.07) is 0. The average Bonchev–Trinajstić information content (AvgIpc) is 2.96. The normalized spacial score (nSPS) is 28.0. The molecule has 7 heteroatoms. The van der Waals surface area contributed by atoms with E-state index in [0.29, 0.717) is 18.9 Å². The first-order valence-corrected chi connectivity index (χ1v) is 10.6. The molecule has 5 nitrogen and oxygen atoms in total. The highest BCUT2D eigenvalue weighted by Gasteiger charge is 2.54. The second-order valence-electron chi connectivity index (χ2n) is 6.44. The largest absolute Gasteiger partial charge is 0.466 e. The maximum Gasteiger partial charge on any atom is 0.312 e. The fourth-order valence-corrected chi connectivity index (χ4v) is 5.92. The lowest BCUT2D eigenvalue weighted by Crippen LogP contribution is -2.56. The predicted molar refractivity (Wildman–Crippen MR) is 97.8 cm³/mol. The fraction of sp³-hybridized carbons (Fsp3) is 0.824. The van der Waals surface area contributed by atoms with Gasteiger partial charge in [0.1, 0.15) is 4.87 Å². The molecule has 1 aliphatic heterocycles. The van der Waals surface area contributed by atoms with Gasteiger partial charge in [0.2, 0.25) is 5.91 Å². The van der Waals surface area contributed by atoms with Crippen LogP contribution in [0, 0.1) is 11.8 Å². The van der Waals surface area contributed by atoms with E-state index in [2.05, 4.69) is 0 Å². The molecule has 3 unspecified atom stereocenters.